The second-order valence-corrected chi connectivity index (χ2v) is 7.28. The quantitative estimate of drug-likeness (QED) is 0.549. The molecule has 1 aliphatic heterocycles. The lowest BCUT2D eigenvalue weighted by atomic mass is 10.1. The number of pyridine rings is 1. The average molecular weight is 376 g/mol. The molecule has 27 heavy (non-hydrogen) atoms. The zero-order valence-corrected chi connectivity index (χ0v) is 15.2. The Bertz CT molecular complexity index is 1110. The summed E-state index contributed by atoms with van der Waals surface area (Å²) in [5.74, 6) is -0.0266. The normalized spacial score (nSPS) is 16.9. The Morgan fingerprint density at radius 1 is 1.22 bits per heavy atom. The van der Waals surface area contributed by atoms with E-state index in [0.717, 1.165) is 41.2 Å². The van der Waals surface area contributed by atoms with Crippen molar-refractivity contribution in [3.8, 4) is 10.6 Å². The van der Waals surface area contributed by atoms with Crippen molar-refractivity contribution < 1.29 is 4.79 Å². The van der Waals surface area contributed by atoms with Crippen LogP contribution in [-0.2, 0) is 0 Å². The van der Waals surface area contributed by atoms with Crippen LogP contribution in [0.3, 0.4) is 0 Å². The number of fused-ring (bicyclic) bond motifs is 1. The van der Waals surface area contributed by atoms with Crippen molar-refractivity contribution in [2.75, 3.05) is 6.54 Å². The maximum atomic E-state index is 13.1. The third-order valence-corrected chi connectivity index (χ3v) is 5.71. The second kappa shape index (κ2) is 6.55. The monoisotopic (exact) mass is 376 g/mol. The number of hydrogen-bond acceptors (Lipinski definition) is 6. The van der Waals surface area contributed by atoms with E-state index in [9.17, 15) is 4.79 Å². The van der Waals surface area contributed by atoms with E-state index in [1.54, 1.807) is 29.3 Å². The number of carbonyl (C=O) groups excluding carboxylic acids is 1. The molecular weight excluding hydrogens is 360 g/mol. The maximum Gasteiger partial charge on any atom is 0.273 e. The van der Waals surface area contributed by atoms with Crippen molar-refractivity contribution in [1.82, 2.24) is 29.5 Å². The van der Waals surface area contributed by atoms with Gasteiger partial charge in [0.25, 0.3) is 5.91 Å². The topological polar surface area (TPSA) is 76.3 Å². The molecule has 5 heterocycles. The highest BCUT2D eigenvalue weighted by molar-refractivity contribution is 7.13. The molecule has 1 amide bonds. The summed E-state index contributed by atoms with van der Waals surface area (Å²) in [5, 5.41) is 6.88. The molecule has 134 valence electrons. The fourth-order valence-electron chi connectivity index (χ4n) is 3.56. The Hall–Kier alpha value is -3.13. The van der Waals surface area contributed by atoms with E-state index >= 15 is 0 Å². The summed E-state index contributed by atoms with van der Waals surface area (Å²) >= 11 is 1.44. The van der Waals surface area contributed by atoms with E-state index in [1.807, 2.05) is 34.7 Å². The highest BCUT2D eigenvalue weighted by atomic mass is 32.1. The molecule has 0 bridgehead atoms. The lowest BCUT2D eigenvalue weighted by molar-refractivity contribution is 0.0730. The Morgan fingerprint density at radius 2 is 2.11 bits per heavy atom. The molecule has 5 rings (SSSR count). The van der Waals surface area contributed by atoms with Crippen LogP contribution in [0.4, 0.5) is 0 Å². The van der Waals surface area contributed by atoms with Crippen molar-refractivity contribution in [3.63, 3.8) is 0 Å². The first kappa shape index (κ1) is 16.1. The Balaban J connectivity index is 1.45. The zero-order chi connectivity index (χ0) is 18.2. The van der Waals surface area contributed by atoms with Gasteiger partial charge in [-0.1, -0.05) is 0 Å². The Kier molecular flexibility index (Phi) is 3.90. The molecule has 4 aromatic rings. The van der Waals surface area contributed by atoms with Crippen LogP contribution in [0.2, 0.25) is 0 Å². The van der Waals surface area contributed by atoms with Crippen molar-refractivity contribution >= 4 is 22.9 Å². The molecule has 0 aromatic carbocycles. The van der Waals surface area contributed by atoms with Crippen molar-refractivity contribution in [3.05, 3.63) is 65.8 Å². The maximum absolute atomic E-state index is 13.1. The van der Waals surface area contributed by atoms with Crippen LogP contribution in [0.25, 0.3) is 16.2 Å². The fraction of sp³-hybridized carbons (Fsp3) is 0.211. The van der Waals surface area contributed by atoms with Gasteiger partial charge < -0.3 is 4.90 Å². The molecule has 8 heteroatoms. The number of hydrogen-bond donors (Lipinski definition) is 0. The number of thiazole rings is 1. The molecular formula is C19H16N6OS. The number of aromatic nitrogens is 5. The third-order valence-electron chi connectivity index (χ3n) is 4.84. The molecule has 1 fully saturated rings. The molecule has 0 N–H and O–H groups in total. The molecule has 0 aliphatic carbocycles. The minimum atomic E-state index is -0.0266. The predicted molar refractivity (Wildman–Crippen MR) is 101 cm³/mol. The number of nitrogens with zero attached hydrogens (tertiary/aromatic N) is 6. The first-order valence-corrected chi connectivity index (χ1v) is 9.64. The average Bonchev–Trinajstić information content (AvgIpc) is 3.46. The zero-order valence-electron chi connectivity index (χ0n) is 14.4. The molecule has 1 aliphatic rings. The summed E-state index contributed by atoms with van der Waals surface area (Å²) in [6, 6.07) is 5.87. The van der Waals surface area contributed by atoms with E-state index in [2.05, 4.69) is 20.1 Å². The smallest absolute Gasteiger partial charge is 0.273 e. The summed E-state index contributed by atoms with van der Waals surface area (Å²) in [6.45, 7) is 0.747. The van der Waals surface area contributed by atoms with Crippen molar-refractivity contribution in [1.29, 1.82) is 0 Å². The number of rotatable bonds is 3. The minimum absolute atomic E-state index is 0.0266. The lowest BCUT2D eigenvalue weighted by Gasteiger charge is -2.24. The van der Waals surface area contributed by atoms with Crippen LogP contribution in [0.15, 0.2) is 54.6 Å². The van der Waals surface area contributed by atoms with E-state index in [4.69, 9.17) is 0 Å². The van der Waals surface area contributed by atoms with Gasteiger partial charge in [0.15, 0.2) is 5.65 Å². The van der Waals surface area contributed by atoms with Gasteiger partial charge in [-0.3, -0.25) is 9.78 Å². The molecule has 1 saturated heterocycles. The summed E-state index contributed by atoms with van der Waals surface area (Å²) in [7, 11) is 0. The third kappa shape index (κ3) is 2.78. The van der Waals surface area contributed by atoms with Gasteiger partial charge in [0.2, 0.25) is 0 Å². The van der Waals surface area contributed by atoms with Gasteiger partial charge in [-0.05, 0) is 36.6 Å². The molecule has 0 spiro atoms. The first-order chi connectivity index (χ1) is 13.3. The molecule has 0 radical (unpaired) electrons. The number of amides is 1. The molecule has 7 nitrogen and oxygen atoms in total. The molecule has 1 atom stereocenters. The van der Waals surface area contributed by atoms with Gasteiger partial charge in [0, 0.05) is 36.7 Å². The highest BCUT2D eigenvalue weighted by Gasteiger charge is 2.31. The van der Waals surface area contributed by atoms with Gasteiger partial charge in [-0.25, -0.2) is 14.5 Å². The summed E-state index contributed by atoms with van der Waals surface area (Å²) < 4.78 is 1.71. The van der Waals surface area contributed by atoms with E-state index < -0.39 is 0 Å². The highest BCUT2D eigenvalue weighted by Crippen LogP contribution is 2.34. The van der Waals surface area contributed by atoms with Crippen molar-refractivity contribution in [2.45, 2.75) is 18.9 Å². The van der Waals surface area contributed by atoms with Gasteiger partial charge in [-0.15, -0.1) is 11.3 Å². The van der Waals surface area contributed by atoms with E-state index in [-0.39, 0.29) is 11.9 Å². The van der Waals surface area contributed by atoms with Gasteiger partial charge in [-0.2, -0.15) is 5.10 Å². The standard InChI is InChI=1S/C19H16N6OS/c26-19(24-9-1-3-16(24)13-4-7-20-8-5-13)15-12-27-18(23-15)14-11-22-25-10-2-6-21-17(14)25/h2,4-8,10-12,16H,1,3,9H2/t16-/m0/s1. The molecule has 4 aromatic heterocycles. The second-order valence-electron chi connectivity index (χ2n) is 6.42. The lowest BCUT2D eigenvalue weighted by Crippen LogP contribution is -2.30. The Morgan fingerprint density at radius 3 is 3.00 bits per heavy atom. The van der Waals surface area contributed by atoms with Crippen LogP contribution < -0.4 is 0 Å². The van der Waals surface area contributed by atoms with Crippen LogP contribution in [0.5, 0.6) is 0 Å². The minimum Gasteiger partial charge on any atom is -0.330 e. The van der Waals surface area contributed by atoms with Crippen LogP contribution in [-0.4, -0.2) is 41.9 Å². The summed E-state index contributed by atoms with van der Waals surface area (Å²) in [6.07, 6.45) is 10.8. The van der Waals surface area contributed by atoms with Gasteiger partial charge >= 0.3 is 0 Å². The fourth-order valence-corrected chi connectivity index (χ4v) is 4.36. The molecule has 0 unspecified atom stereocenters. The van der Waals surface area contributed by atoms with Crippen molar-refractivity contribution in [2.24, 2.45) is 0 Å². The summed E-state index contributed by atoms with van der Waals surface area (Å²) in [4.78, 5) is 28.1. The van der Waals surface area contributed by atoms with Crippen LogP contribution in [0, 0.1) is 0 Å². The van der Waals surface area contributed by atoms with Crippen LogP contribution >= 0.6 is 11.3 Å². The number of carbonyl (C=O) groups is 1. The van der Waals surface area contributed by atoms with E-state index in [0.29, 0.717) is 5.69 Å². The van der Waals surface area contributed by atoms with Gasteiger partial charge in [0.05, 0.1) is 17.8 Å². The SMILES string of the molecule is O=C(c1csc(-c2cnn3cccnc23)n1)N1CCC[C@H]1c1ccncc1. The Labute approximate surface area is 159 Å². The summed E-state index contributed by atoms with van der Waals surface area (Å²) in [5.41, 5.74) is 3.18. The predicted octanol–water partition coefficient (Wildman–Crippen LogP) is 3.23. The largest absolute Gasteiger partial charge is 0.330 e. The number of likely N-dealkylation sites (tertiary alicyclic amines) is 1. The molecule has 0 saturated carbocycles. The van der Waals surface area contributed by atoms with E-state index in [1.165, 1.54) is 11.3 Å². The van der Waals surface area contributed by atoms with Gasteiger partial charge in [0.1, 0.15) is 10.7 Å². The van der Waals surface area contributed by atoms with Crippen LogP contribution in [0.1, 0.15) is 34.9 Å². The first-order valence-electron chi connectivity index (χ1n) is 8.76.